The minimum Gasteiger partial charge on any atom is -0.377 e. The maximum atomic E-state index is 11.8. The zero-order valence-corrected chi connectivity index (χ0v) is 9.47. The molecule has 0 amide bonds. The molecule has 0 saturated carbocycles. The SMILES string of the molecule is CC1CN(S(=O)C(C)C)CCCO1. The summed E-state index contributed by atoms with van der Waals surface area (Å²) >= 11 is 0. The van der Waals surface area contributed by atoms with Crippen LogP contribution < -0.4 is 0 Å². The number of hydrogen-bond donors (Lipinski definition) is 0. The lowest BCUT2D eigenvalue weighted by Gasteiger charge is -2.22. The van der Waals surface area contributed by atoms with Crippen LogP contribution in [0.3, 0.4) is 0 Å². The molecule has 0 aromatic rings. The Morgan fingerprint density at radius 3 is 2.85 bits per heavy atom. The average molecular weight is 205 g/mol. The molecule has 0 bridgehead atoms. The van der Waals surface area contributed by atoms with Crippen LogP contribution in [0.5, 0.6) is 0 Å². The molecule has 13 heavy (non-hydrogen) atoms. The minimum atomic E-state index is -0.837. The quantitative estimate of drug-likeness (QED) is 0.677. The zero-order chi connectivity index (χ0) is 9.84. The Balaban J connectivity index is 2.52. The van der Waals surface area contributed by atoms with E-state index < -0.39 is 11.0 Å². The zero-order valence-electron chi connectivity index (χ0n) is 8.66. The summed E-state index contributed by atoms with van der Waals surface area (Å²) in [6.07, 6.45) is 1.20. The normalized spacial score (nSPS) is 28.8. The maximum absolute atomic E-state index is 11.8. The van der Waals surface area contributed by atoms with Crippen molar-refractivity contribution in [3.63, 3.8) is 0 Å². The predicted molar refractivity (Wildman–Crippen MR) is 54.9 cm³/mol. The van der Waals surface area contributed by atoms with Crippen molar-refractivity contribution in [1.29, 1.82) is 0 Å². The van der Waals surface area contributed by atoms with E-state index in [9.17, 15) is 4.21 Å². The lowest BCUT2D eigenvalue weighted by atomic mass is 10.4. The number of ether oxygens (including phenoxy) is 1. The van der Waals surface area contributed by atoms with Crippen LogP contribution in [0.2, 0.25) is 0 Å². The van der Waals surface area contributed by atoms with Gasteiger partial charge in [-0.1, -0.05) is 0 Å². The molecule has 1 aliphatic heterocycles. The fourth-order valence-corrected chi connectivity index (χ4v) is 2.68. The molecule has 0 radical (unpaired) electrons. The molecule has 2 atom stereocenters. The van der Waals surface area contributed by atoms with Crippen LogP contribution in [-0.4, -0.2) is 39.6 Å². The van der Waals surface area contributed by atoms with Crippen molar-refractivity contribution in [2.45, 2.75) is 38.5 Å². The topological polar surface area (TPSA) is 29.5 Å². The van der Waals surface area contributed by atoms with Crippen LogP contribution in [0.15, 0.2) is 0 Å². The van der Waals surface area contributed by atoms with Gasteiger partial charge < -0.3 is 4.74 Å². The molecule has 0 aromatic carbocycles. The van der Waals surface area contributed by atoms with E-state index in [4.69, 9.17) is 4.74 Å². The molecule has 0 spiro atoms. The first-order chi connectivity index (χ1) is 6.11. The first-order valence-corrected chi connectivity index (χ1v) is 6.05. The molecular weight excluding hydrogens is 186 g/mol. The minimum absolute atomic E-state index is 0.213. The van der Waals surface area contributed by atoms with Crippen LogP contribution in [0.1, 0.15) is 27.2 Å². The summed E-state index contributed by atoms with van der Waals surface area (Å²) < 4.78 is 19.3. The molecule has 1 fully saturated rings. The van der Waals surface area contributed by atoms with Crippen molar-refractivity contribution in [2.24, 2.45) is 0 Å². The summed E-state index contributed by atoms with van der Waals surface area (Å²) in [5, 5.41) is 0.213. The Hall–Kier alpha value is 0.0700. The van der Waals surface area contributed by atoms with Gasteiger partial charge in [0.1, 0.15) is 0 Å². The van der Waals surface area contributed by atoms with Gasteiger partial charge in [0.2, 0.25) is 0 Å². The van der Waals surface area contributed by atoms with E-state index in [0.29, 0.717) is 0 Å². The molecule has 78 valence electrons. The highest BCUT2D eigenvalue weighted by atomic mass is 32.2. The summed E-state index contributed by atoms with van der Waals surface area (Å²) in [4.78, 5) is 0. The number of rotatable bonds is 2. The molecule has 0 aliphatic carbocycles. The molecule has 2 unspecified atom stereocenters. The molecular formula is C9H19NO2S. The molecule has 1 aliphatic rings. The van der Waals surface area contributed by atoms with Gasteiger partial charge in [0, 0.05) is 24.9 Å². The van der Waals surface area contributed by atoms with Crippen molar-refractivity contribution < 1.29 is 8.95 Å². The molecule has 0 N–H and O–H groups in total. The van der Waals surface area contributed by atoms with Crippen molar-refractivity contribution >= 4 is 11.0 Å². The van der Waals surface area contributed by atoms with Gasteiger partial charge in [-0.25, -0.2) is 8.51 Å². The van der Waals surface area contributed by atoms with Crippen molar-refractivity contribution in [3.05, 3.63) is 0 Å². The second-order valence-electron chi connectivity index (χ2n) is 3.75. The Morgan fingerprint density at radius 2 is 2.23 bits per heavy atom. The molecule has 1 rings (SSSR count). The molecule has 4 heteroatoms. The van der Waals surface area contributed by atoms with Crippen LogP contribution in [0, 0.1) is 0 Å². The van der Waals surface area contributed by atoms with Gasteiger partial charge >= 0.3 is 0 Å². The molecule has 0 aromatic heterocycles. The highest BCUT2D eigenvalue weighted by Crippen LogP contribution is 2.10. The third-order valence-corrected chi connectivity index (χ3v) is 3.72. The summed E-state index contributed by atoms with van der Waals surface area (Å²) in [6.45, 7) is 8.52. The second kappa shape index (κ2) is 5.08. The average Bonchev–Trinajstić information content (AvgIpc) is 2.28. The highest BCUT2D eigenvalue weighted by molar-refractivity contribution is 7.83. The van der Waals surface area contributed by atoms with Crippen LogP contribution >= 0.6 is 0 Å². The van der Waals surface area contributed by atoms with Gasteiger partial charge in [0.05, 0.1) is 17.1 Å². The summed E-state index contributed by atoms with van der Waals surface area (Å²) in [6, 6.07) is 0. The molecule has 1 heterocycles. The standard InChI is InChI=1S/C9H19NO2S/c1-8(2)13(11)10-5-4-6-12-9(3)7-10/h8-9H,4-7H2,1-3H3. The van der Waals surface area contributed by atoms with Gasteiger partial charge in [-0.05, 0) is 27.2 Å². The van der Waals surface area contributed by atoms with Gasteiger partial charge in [-0.2, -0.15) is 0 Å². The fourth-order valence-electron chi connectivity index (χ4n) is 1.42. The maximum Gasteiger partial charge on any atom is 0.0969 e. The Bertz CT molecular complexity index is 184. The predicted octanol–water partition coefficient (Wildman–Crippen LogP) is 1.17. The monoisotopic (exact) mass is 205 g/mol. The van der Waals surface area contributed by atoms with Gasteiger partial charge in [0.15, 0.2) is 0 Å². The van der Waals surface area contributed by atoms with Crippen molar-refractivity contribution in [1.82, 2.24) is 4.31 Å². The van der Waals surface area contributed by atoms with Crippen LogP contribution in [-0.2, 0) is 15.7 Å². The summed E-state index contributed by atoms with van der Waals surface area (Å²) in [5.41, 5.74) is 0. The summed E-state index contributed by atoms with van der Waals surface area (Å²) in [7, 11) is -0.837. The third kappa shape index (κ3) is 3.37. The van der Waals surface area contributed by atoms with E-state index in [-0.39, 0.29) is 11.4 Å². The largest absolute Gasteiger partial charge is 0.377 e. The van der Waals surface area contributed by atoms with E-state index in [1.165, 1.54) is 0 Å². The van der Waals surface area contributed by atoms with E-state index >= 15 is 0 Å². The van der Waals surface area contributed by atoms with Crippen molar-refractivity contribution in [3.8, 4) is 0 Å². The number of hydrogen-bond acceptors (Lipinski definition) is 2. The lowest BCUT2D eigenvalue weighted by molar-refractivity contribution is 0.0755. The van der Waals surface area contributed by atoms with Crippen LogP contribution in [0.4, 0.5) is 0 Å². The molecule has 3 nitrogen and oxygen atoms in total. The smallest absolute Gasteiger partial charge is 0.0969 e. The van der Waals surface area contributed by atoms with Crippen molar-refractivity contribution in [2.75, 3.05) is 19.7 Å². The highest BCUT2D eigenvalue weighted by Gasteiger charge is 2.21. The van der Waals surface area contributed by atoms with Crippen LogP contribution in [0.25, 0.3) is 0 Å². The Morgan fingerprint density at radius 1 is 1.54 bits per heavy atom. The number of nitrogens with zero attached hydrogens (tertiary/aromatic N) is 1. The fraction of sp³-hybridized carbons (Fsp3) is 1.00. The third-order valence-electron chi connectivity index (χ3n) is 2.07. The van der Waals surface area contributed by atoms with Gasteiger partial charge in [-0.15, -0.1) is 0 Å². The first kappa shape index (κ1) is 11.1. The Kier molecular flexibility index (Phi) is 4.35. The van der Waals surface area contributed by atoms with Gasteiger partial charge in [0.25, 0.3) is 0 Å². The summed E-state index contributed by atoms with van der Waals surface area (Å²) in [5.74, 6) is 0. The second-order valence-corrected chi connectivity index (χ2v) is 5.76. The van der Waals surface area contributed by atoms with E-state index in [1.807, 2.05) is 25.1 Å². The molecule has 1 saturated heterocycles. The van der Waals surface area contributed by atoms with E-state index in [2.05, 4.69) is 0 Å². The lowest BCUT2D eigenvalue weighted by Crippen LogP contribution is -2.35. The Labute approximate surface area is 83.0 Å². The van der Waals surface area contributed by atoms with E-state index in [1.54, 1.807) is 0 Å². The van der Waals surface area contributed by atoms with E-state index in [0.717, 1.165) is 26.1 Å². The van der Waals surface area contributed by atoms with Gasteiger partial charge in [-0.3, -0.25) is 0 Å². The first-order valence-electron chi connectivity index (χ1n) is 4.88.